The zero-order valence-corrected chi connectivity index (χ0v) is 9.64. The number of hydrogen-bond acceptors (Lipinski definition) is 5. The topological polar surface area (TPSA) is 68.2 Å². The molecule has 0 saturated carbocycles. The van der Waals surface area contributed by atoms with Crippen molar-refractivity contribution in [1.29, 1.82) is 0 Å². The van der Waals surface area contributed by atoms with Gasteiger partial charge in [0.25, 0.3) is 11.8 Å². The quantitative estimate of drug-likeness (QED) is 0.824. The minimum absolute atomic E-state index is 0.0934. The molecule has 1 aromatic carbocycles. The van der Waals surface area contributed by atoms with Gasteiger partial charge in [-0.25, -0.2) is 4.39 Å². The number of aromatic nitrogens is 2. The monoisotopic (exact) mass is 236 g/mol. The van der Waals surface area contributed by atoms with Gasteiger partial charge in [0.1, 0.15) is 5.82 Å². The maximum atomic E-state index is 13.6. The average Bonchev–Trinajstić information content (AvgIpc) is 2.77. The van der Waals surface area contributed by atoms with E-state index in [1.54, 1.807) is 11.0 Å². The van der Waals surface area contributed by atoms with Crippen molar-refractivity contribution in [2.45, 2.75) is 6.92 Å². The molecule has 17 heavy (non-hydrogen) atoms. The van der Waals surface area contributed by atoms with Gasteiger partial charge < -0.3 is 15.2 Å². The summed E-state index contributed by atoms with van der Waals surface area (Å²) in [4.78, 5) is 5.88. The Hall–Kier alpha value is -2.11. The molecule has 5 nitrogen and oxygen atoms in total. The van der Waals surface area contributed by atoms with Crippen LogP contribution in [-0.2, 0) is 0 Å². The van der Waals surface area contributed by atoms with Gasteiger partial charge in [-0.05, 0) is 24.2 Å². The summed E-state index contributed by atoms with van der Waals surface area (Å²) in [5.41, 5.74) is 6.12. The average molecular weight is 236 g/mol. The summed E-state index contributed by atoms with van der Waals surface area (Å²) in [6, 6.07) is 4.43. The van der Waals surface area contributed by atoms with Crippen LogP contribution in [-0.4, -0.2) is 23.7 Å². The summed E-state index contributed by atoms with van der Waals surface area (Å²) in [7, 11) is 1.82. The molecule has 0 saturated heterocycles. The molecule has 2 aromatic rings. The molecule has 0 aliphatic carbocycles. The normalized spacial score (nSPS) is 10.5. The molecule has 0 aliphatic heterocycles. The van der Waals surface area contributed by atoms with Crippen LogP contribution in [0.25, 0.3) is 11.5 Å². The maximum Gasteiger partial charge on any atom is 0.266 e. The molecule has 0 atom stereocenters. The number of benzene rings is 1. The molecule has 0 aliphatic rings. The number of anilines is 2. The highest BCUT2D eigenvalue weighted by Gasteiger charge is 2.17. The number of nitrogens with two attached hydrogens (primary N) is 1. The van der Waals surface area contributed by atoms with E-state index >= 15 is 0 Å². The van der Waals surface area contributed by atoms with Gasteiger partial charge in [-0.15, -0.1) is 0 Å². The molecule has 1 heterocycles. The van der Waals surface area contributed by atoms with Gasteiger partial charge in [0.2, 0.25) is 0 Å². The zero-order chi connectivity index (χ0) is 12.4. The molecule has 0 bridgehead atoms. The molecule has 90 valence electrons. The van der Waals surface area contributed by atoms with E-state index in [0.29, 0.717) is 5.95 Å². The van der Waals surface area contributed by atoms with Crippen molar-refractivity contribution in [3.63, 3.8) is 0 Å². The highest BCUT2D eigenvalue weighted by Crippen LogP contribution is 2.28. The van der Waals surface area contributed by atoms with Crippen molar-refractivity contribution in [2.75, 3.05) is 24.2 Å². The summed E-state index contributed by atoms with van der Waals surface area (Å²) >= 11 is 0. The van der Waals surface area contributed by atoms with E-state index in [4.69, 9.17) is 10.3 Å². The summed E-state index contributed by atoms with van der Waals surface area (Å²) in [5.74, 6) is 0.0282. The Morgan fingerprint density at radius 3 is 2.88 bits per heavy atom. The molecule has 6 heteroatoms. The van der Waals surface area contributed by atoms with Crippen LogP contribution >= 0.6 is 0 Å². The molecule has 0 spiro atoms. The van der Waals surface area contributed by atoms with Gasteiger partial charge in [-0.3, -0.25) is 0 Å². The lowest BCUT2D eigenvalue weighted by Crippen LogP contribution is -2.17. The molecule has 0 fully saturated rings. The third-order valence-corrected chi connectivity index (χ3v) is 2.49. The largest absolute Gasteiger partial charge is 0.398 e. The molecule has 2 rings (SSSR count). The van der Waals surface area contributed by atoms with Gasteiger partial charge in [-0.2, -0.15) is 4.98 Å². The van der Waals surface area contributed by atoms with Crippen LogP contribution in [0, 0.1) is 5.82 Å². The van der Waals surface area contributed by atoms with Crippen molar-refractivity contribution in [1.82, 2.24) is 10.1 Å². The van der Waals surface area contributed by atoms with Crippen LogP contribution in [0.5, 0.6) is 0 Å². The van der Waals surface area contributed by atoms with Crippen molar-refractivity contribution in [3.05, 3.63) is 24.0 Å². The van der Waals surface area contributed by atoms with Crippen LogP contribution < -0.4 is 10.6 Å². The van der Waals surface area contributed by atoms with Crippen LogP contribution in [0.15, 0.2) is 22.7 Å². The first-order chi connectivity index (χ1) is 8.13. The lowest BCUT2D eigenvalue weighted by atomic mass is 10.1. The molecular formula is C11H13FN4O. The second-order valence-electron chi connectivity index (χ2n) is 3.62. The second-order valence-corrected chi connectivity index (χ2v) is 3.62. The summed E-state index contributed by atoms with van der Waals surface area (Å²) in [6.45, 7) is 2.68. The van der Waals surface area contributed by atoms with Gasteiger partial charge in [-0.1, -0.05) is 6.07 Å². The van der Waals surface area contributed by atoms with Crippen LogP contribution in [0.4, 0.5) is 16.0 Å². The fourth-order valence-electron chi connectivity index (χ4n) is 1.38. The summed E-state index contributed by atoms with van der Waals surface area (Å²) in [5, 5.41) is 3.76. The second kappa shape index (κ2) is 4.40. The first kappa shape index (κ1) is 11.4. The Bertz CT molecular complexity index is 506. The molecule has 0 amide bonds. The number of nitrogen functional groups attached to an aromatic ring is 1. The molecule has 0 radical (unpaired) electrons. The van der Waals surface area contributed by atoms with Gasteiger partial charge >= 0.3 is 0 Å². The first-order valence-electron chi connectivity index (χ1n) is 5.22. The van der Waals surface area contributed by atoms with Crippen LogP contribution in [0.1, 0.15) is 6.92 Å². The van der Waals surface area contributed by atoms with E-state index in [1.165, 1.54) is 12.1 Å². The van der Waals surface area contributed by atoms with Crippen LogP contribution in [0.3, 0.4) is 0 Å². The van der Waals surface area contributed by atoms with E-state index in [-0.39, 0.29) is 17.1 Å². The lowest BCUT2D eigenvalue weighted by molar-refractivity contribution is 0.428. The number of halogens is 1. The first-order valence-corrected chi connectivity index (χ1v) is 5.22. The van der Waals surface area contributed by atoms with Gasteiger partial charge in [0.05, 0.1) is 5.56 Å². The lowest BCUT2D eigenvalue weighted by Gasteiger charge is -2.08. The third kappa shape index (κ3) is 2.06. The smallest absolute Gasteiger partial charge is 0.266 e. The van der Waals surface area contributed by atoms with E-state index in [1.807, 2.05) is 14.0 Å². The Labute approximate surface area is 98.0 Å². The molecular weight excluding hydrogens is 223 g/mol. The van der Waals surface area contributed by atoms with Crippen molar-refractivity contribution < 1.29 is 8.91 Å². The Balaban J connectivity index is 2.44. The number of rotatable bonds is 3. The minimum Gasteiger partial charge on any atom is -0.398 e. The van der Waals surface area contributed by atoms with E-state index in [9.17, 15) is 4.39 Å². The van der Waals surface area contributed by atoms with Gasteiger partial charge in [0.15, 0.2) is 0 Å². The fourth-order valence-corrected chi connectivity index (χ4v) is 1.38. The molecule has 1 aromatic heterocycles. The molecule has 2 N–H and O–H groups in total. The highest BCUT2D eigenvalue weighted by molar-refractivity contribution is 5.71. The minimum atomic E-state index is -0.473. The predicted octanol–water partition coefficient (Wildman–Crippen LogP) is 1.91. The number of hydrogen-bond donors (Lipinski definition) is 1. The Morgan fingerprint density at radius 1 is 1.47 bits per heavy atom. The SMILES string of the molecule is CCN(C)c1noc(-c2c(N)cccc2F)n1. The zero-order valence-electron chi connectivity index (χ0n) is 9.64. The number of nitrogens with zero attached hydrogens (tertiary/aromatic N) is 3. The molecule has 0 unspecified atom stereocenters. The standard InChI is InChI=1S/C11H13FN4O/c1-3-16(2)11-14-10(17-15-11)9-7(12)5-4-6-8(9)13/h4-6H,3,13H2,1-2H3. The third-order valence-electron chi connectivity index (χ3n) is 2.49. The van der Waals surface area contributed by atoms with Crippen LogP contribution in [0.2, 0.25) is 0 Å². The Morgan fingerprint density at radius 2 is 2.24 bits per heavy atom. The van der Waals surface area contributed by atoms with Crippen molar-refractivity contribution >= 4 is 11.6 Å². The summed E-state index contributed by atoms with van der Waals surface area (Å²) < 4.78 is 18.6. The fraction of sp³-hybridized carbons (Fsp3) is 0.273. The predicted molar refractivity (Wildman–Crippen MR) is 63.0 cm³/mol. The maximum absolute atomic E-state index is 13.6. The van der Waals surface area contributed by atoms with E-state index in [0.717, 1.165) is 6.54 Å². The van der Waals surface area contributed by atoms with E-state index in [2.05, 4.69) is 10.1 Å². The van der Waals surface area contributed by atoms with E-state index < -0.39 is 5.82 Å². The van der Waals surface area contributed by atoms with Gasteiger partial charge in [0, 0.05) is 19.3 Å². The van der Waals surface area contributed by atoms with Crippen molar-refractivity contribution in [2.24, 2.45) is 0 Å². The highest BCUT2D eigenvalue weighted by atomic mass is 19.1. The Kier molecular flexibility index (Phi) is 2.95. The summed E-state index contributed by atoms with van der Waals surface area (Å²) in [6.07, 6.45) is 0. The van der Waals surface area contributed by atoms with Crippen molar-refractivity contribution in [3.8, 4) is 11.5 Å².